The van der Waals surface area contributed by atoms with Gasteiger partial charge in [0.1, 0.15) is 5.69 Å². The van der Waals surface area contributed by atoms with E-state index in [-0.39, 0.29) is 5.78 Å². The molecule has 0 atom stereocenters. The summed E-state index contributed by atoms with van der Waals surface area (Å²) in [6, 6.07) is 6.23. The van der Waals surface area contributed by atoms with Gasteiger partial charge < -0.3 is 5.32 Å². The van der Waals surface area contributed by atoms with Crippen molar-refractivity contribution >= 4 is 27.9 Å². The second kappa shape index (κ2) is 4.67. The molecule has 0 saturated carbocycles. The largest absolute Gasteiger partial charge is 0.332 e. The molecule has 0 radical (unpaired) electrons. The zero-order chi connectivity index (χ0) is 12.4. The van der Waals surface area contributed by atoms with Crippen LogP contribution in [0.15, 0.2) is 23.6 Å². The highest BCUT2D eigenvalue weighted by Gasteiger charge is 2.06. The quantitative estimate of drug-likeness (QED) is 0.839. The van der Waals surface area contributed by atoms with Crippen molar-refractivity contribution in [3.63, 3.8) is 0 Å². The molecule has 4 heteroatoms. The Kier molecular flexibility index (Phi) is 3.24. The van der Waals surface area contributed by atoms with Gasteiger partial charge in [-0.3, -0.25) is 4.79 Å². The SMILES string of the molecule is CC(=O)c1csc(Nc2cc(C)cc(C)c2)n1. The van der Waals surface area contributed by atoms with E-state index in [0.717, 1.165) is 10.8 Å². The maximum absolute atomic E-state index is 11.1. The van der Waals surface area contributed by atoms with Gasteiger partial charge in [0.15, 0.2) is 10.9 Å². The van der Waals surface area contributed by atoms with Gasteiger partial charge >= 0.3 is 0 Å². The maximum Gasteiger partial charge on any atom is 0.187 e. The van der Waals surface area contributed by atoms with Crippen molar-refractivity contribution < 1.29 is 4.79 Å². The monoisotopic (exact) mass is 246 g/mol. The average molecular weight is 246 g/mol. The second-order valence-electron chi connectivity index (χ2n) is 4.10. The zero-order valence-corrected chi connectivity index (χ0v) is 10.9. The van der Waals surface area contributed by atoms with Gasteiger partial charge in [0.05, 0.1) is 0 Å². The van der Waals surface area contributed by atoms with E-state index in [0.29, 0.717) is 5.69 Å². The lowest BCUT2D eigenvalue weighted by molar-refractivity contribution is 0.101. The molecule has 88 valence electrons. The molecule has 1 heterocycles. The number of ketones is 1. The van der Waals surface area contributed by atoms with Crippen molar-refractivity contribution in [2.75, 3.05) is 5.32 Å². The van der Waals surface area contributed by atoms with E-state index in [4.69, 9.17) is 0 Å². The van der Waals surface area contributed by atoms with E-state index in [1.807, 2.05) is 0 Å². The molecule has 0 saturated heterocycles. The molecule has 0 aliphatic heterocycles. The summed E-state index contributed by atoms with van der Waals surface area (Å²) in [5.41, 5.74) is 3.93. The summed E-state index contributed by atoms with van der Waals surface area (Å²) in [7, 11) is 0. The topological polar surface area (TPSA) is 42.0 Å². The molecule has 1 N–H and O–H groups in total. The summed E-state index contributed by atoms with van der Waals surface area (Å²) < 4.78 is 0. The van der Waals surface area contributed by atoms with Gasteiger partial charge in [-0.15, -0.1) is 11.3 Å². The minimum absolute atomic E-state index is 0.00489. The van der Waals surface area contributed by atoms with Crippen LogP contribution in [0.1, 0.15) is 28.5 Å². The minimum atomic E-state index is -0.00489. The number of thiazole rings is 1. The Morgan fingerprint density at radius 2 is 1.88 bits per heavy atom. The van der Waals surface area contributed by atoms with Crippen molar-refractivity contribution in [3.8, 4) is 0 Å². The van der Waals surface area contributed by atoms with E-state index < -0.39 is 0 Å². The molecule has 2 aromatic rings. The molecular weight excluding hydrogens is 232 g/mol. The summed E-state index contributed by atoms with van der Waals surface area (Å²) >= 11 is 1.44. The Bertz CT molecular complexity index is 540. The lowest BCUT2D eigenvalue weighted by Crippen LogP contribution is -1.94. The van der Waals surface area contributed by atoms with Crippen LogP contribution in [0.25, 0.3) is 0 Å². The van der Waals surface area contributed by atoms with Crippen molar-refractivity contribution in [2.24, 2.45) is 0 Å². The van der Waals surface area contributed by atoms with Crippen LogP contribution in [0.3, 0.4) is 0 Å². The highest BCUT2D eigenvalue weighted by atomic mass is 32.1. The smallest absolute Gasteiger partial charge is 0.187 e. The Morgan fingerprint density at radius 3 is 2.41 bits per heavy atom. The molecule has 0 aliphatic rings. The third-order valence-corrected chi connectivity index (χ3v) is 3.10. The first kappa shape index (κ1) is 11.8. The molecule has 0 bridgehead atoms. The van der Waals surface area contributed by atoms with Crippen LogP contribution in [0.4, 0.5) is 10.8 Å². The Balaban J connectivity index is 2.22. The second-order valence-corrected chi connectivity index (χ2v) is 4.95. The van der Waals surface area contributed by atoms with E-state index in [1.165, 1.54) is 29.4 Å². The number of nitrogens with one attached hydrogen (secondary N) is 1. The summed E-state index contributed by atoms with van der Waals surface area (Å²) in [6.45, 7) is 5.64. The van der Waals surface area contributed by atoms with Crippen LogP contribution in [0.5, 0.6) is 0 Å². The highest BCUT2D eigenvalue weighted by Crippen LogP contribution is 2.22. The average Bonchev–Trinajstić information content (AvgIpc) is 2.64. The van der Waals surface area contributed by atoms with Crippen molar-refractivity contribution in [1.82, 2.24) is 4.98 Å². The number of rotatable bonds is 3. The molecule has 1 aromatic heterocycles. The maximum atomic E-state index is 11.1. The fourth-order valence-electron chi connectivity index (χ4n) is 1.66. The number of hydrogen-bond donors (Lipinski definition) is 1. The first-order valence-electron chi connectivity index (χ1n) is 5.36. The third-order valence-electron chi connectivity index (χ3n) is 2.34. The molecule has 2 rings (SSSR count). The first-order chi connectivity index (χ1) is 8.04. The van der Waals surface area contributed by atoms with Gasteiger partial charge in [-0.25, -0.2) is 4.98 Å². The number of aryl methyl sites for hydroxylation is 2. The van der Waals surface area contributed by atoms with Crippen LogP contribution in [0.2, 0.25) is 0 Å². The number of aromatic nitrogens is 1. The van der Waals surface area contributed by atoms with Gasteiger partial charge in [-0.2, -0.15) is 0 Å². The molecule has 0 unspecified atom stereocenters. The van der Waals surface area contributed by atoms with Crippen molar-refractivity contribution in [1.29, 1.82) is 0 Å². The number of benzene rings is 1. The Labute approximate surface area is 105 Å². The Morgan fingerprint density at radius 1 is 1.24 bits per heavy atom. The number of carbonyl (C=O) groups is 1. The number of hydrogen-bond acceptors (Lipinski definition) is 4. The molecule has 17 heavy (non-hydrogen) atoms. The summed E-state index contributed by atoms with van der Waals surface area (Å²) in [4.78, 5) is 15.4. The summed E-state index contributed by atoms with van der Waals surface area (Å²) in [5, 5.41) is 5.74. The molecule has 0 amide bonds. The standard InChI is InChI=1S/C13H14N2OS/c1-8-4-9(2)6-11(5-8)14-13-15-12(7-17-13)10(3)16/h4-7H,1-3H3,(H,14,15). The van der Waals surface area contributed by atoms with Crippen LogP contribution in [0, 0.1) is 13.8 Å². The third kappa shape index (κ3) is 2.91. The molecular formula is C13H14N2OS. The van der Waals surface area contributed by atoms with E-state index in [2.05, 4.69) is 42.3 Å². The lowest BCUT2D eigenvalue weighted by atomic mass is 10.1. The predicted octanol–water partition coefficient (Wildman–Crippen LogP) is 3.71. The highest BCUT2D eigenvalue weighted by molar-refractivity contribution is 7.14. The van der Waals surface area contributed by atoms with Crippen LogP contribution < -0.4 is 5.32 Å². The zero-order valence-electron chi connectivity index (χ0n) is 10.1. The molecule has 1 aromatic carbocycles. The first-order valence-corrected chi connectivity index (χ1v) is 6.24. The van der Waals surface area contributed by atoms with E-state index in [1.54, 1.807) is 5.38 Å². The summed E-state index contributed by atoms with van der Waals surface area (Å²) in [5.74, 6) is -0.00489. The van der Waals surface area contributed by atoms with Crippen LogP contribution in [-0.4, -0.2) is 10.8 Å². The number of carbonyl (C=O) groups excluding carboxylic acids is 1. The normalized spacial score (nSPS) is 10.3. The van der Waals surface area contributed by atoms with E-state index in [9.17, 15) is 4.79 Å². The van der Waals surface area contributed by atoms with Crippen molar-refractivity contribution in [3.05, 3.63) is 40.4 Å². The van der Waals surface area contributed by atoms with E-state index >= 15 is 0 Å². The van der Waals surface area contributed by atoms with Gasteiger partial charge in [-0.1, -0.05) is 6.07 Å². The predicted molar refractivity (Wildman–Crippen MR) is 71.3 cm³/mol. The Hall–Kier alpha value is -1.68. The van der Waals surface area contributed by atoms with Gasteiger partial charge in [0.2, 0.25) is 0 Å². The molecule has 3 nitrogen and oxygen atoms in total. The summed E-state index contributed by atoms with van der Waals surface area (Å²) in [6.07, 6.45) is 0. The van der Waals surface area contributed by atoms with Crippen LogP contribution in [-0.2, 0) is 0 Å². The fraction of sp³-hybridized carbons (Fsp3) is 0.231. The van der Waals surface area contributed by atoms with Crippen LogP contribution >= 0.6 is 11.3 Å². The minimum Gasteiger partial charge on any atom is -0.332 e. The van der Waals surface area contributed by atoms with Gasteiger partial charge in [-0.05, 0) is 37.1 Å². The number of nitrogens with zero attached hydrogens (tertiary/aromatic N) is 1. The van der Waals surface area contributed by atoms with Gasteiger partial charge in [0, 0.05) is 18.0 Å². The number of anilines is 2. The van der Waals surface area contributed by atoms with Gasteiger partial charge in [0.25, 0.3) is 0 Å². The molecule has 0 spiro atoms. The van der Waals surface area contributed by atoms with Crippen molar-refractivity contribution in [2.45, 2.75) is 20.8 Å². The molecule has 0 fully saturated rings. The lowest BCUT2D eigenvalue weighted by Gasteiger charge is -2.05. The number of Topliss-reactive ketones (excluding diaryl/α,β-unsaturated/α-hetero) is 1. The fourth-order valence-corrected chi connectivity index (χ4v) is 2.43. The molecule has 0 aliphatic carbocycles.